The van der Waals surface area contributed by atoms with Crippen LogP contribution in [-0.4, -0.2) is 27.6 Å². The van der Waals surface area contributed by atoms with Gasteiger partial charge in [0.2, 0.25) is 5.91 Å². The lowest BCUT2D eigenvalue weighted by molar-refractivity contribution is -0.125. The van der Waals surface area contributed by atoms with Crippen LogP contribution in [0.1, 0.15) is 28.1 Å². The van der Waals surface area contributed by atoms with Crippen molar-refractivity contribution in [1.82, 2.24) is 14.7 Å². The van der Waals surface area contributed by atoms with Gasteiger partial charge in [-0.3, -0.25) is 4.79 Å². The van der Waals surface area contributed by atoms with Gasteiger partial charge in [-0.1, -0.05) is 48.0 Å². The predicted molar refractivity (Wildman–Crippen MR) is 110 cm³/mol. The van der Waals surface area contributed by atoms with Crippen molar-refractivity contribution >= 4 is 12.0 Å². The molecule has 3 aromatic rings. The molecule has 1 aromatic heterocycles. The Bertz CT molecular complexity index is 953. The second kappa shape index (κ2) is 8.04. The maximum Gasteiger partial charge on any atom is 0.246 e. The van der Waals surface area contributed by atoms with Crippen molar-refractivity contribution in [2.75, 3.05) is 7.05 Å². The van der Waals surface area contributed by atoms with E-state index in [2.05, 4.69) is 5.10 Å². The van der Waals surface area contributed by atoms with E-state index >= 15 is 0 Å². The van der Waals surface area contributed by atoms with Crippen LogP contribution in [0.5, 0.6) is 0 Å². The van der Waals surface area contributed by atoms with E-state index in [1.54, 1.807) is 11.0 Å². The van der Waals surface area contributed by atoms with Crippen molar-refractivity contribution in [1.29, 1.82) is 0 Å². The molecule has 1 heterocycles. The monoisotopic (exact) mass is 359 g/mol. The molecule has 0 spiro atoms. The lowest BCUT2D eigenvalue weighted by atomic mass is 10.1. The third-order valence-electron chi connectivity index (χ3n) is 4.71. The Balaban J connectivity index is 1.74. The van der Waals surface area contributed by atoms with E-state index in [9.17, 15) is 4.79 Å². The minimum Gasteiger partial charge on any atom is -0.338 e. The first-order chi connectivity index (χ1) is 13.0. The topological polar surface area (TPSA) is 38.1 Å². The molecule has 0 bridgehead atoms. The molecule has 0 N–H and O–H groups in total. The molecule has 4 nitrogen and oxygen atoms in total. The highest BCUT2D eigenvalue weighted by Gasteiger charge is 2.16. The summed E-state index contributed by atoms with van der Waals surface area (Å²) in [7, 11) is 1.82. The highest BCUT2D eigenvalue weighted by Crippen LogP contribution is 2.19. The van der Waals surface area contributed by atoms with Crippen LogP contribution in [0, 0.1) is 20.8 Å². The van der Waals surface area contributed by atoms with Crippen molar-refractivity contribution < 1.29 is 4.79 Å². The van der Waals surface area contributed by atoms with Gasteiger partial charge >= 0.3 is 0 Å². The highest BCUT2D eigenvalue weighted by atomic mass is 16.2. The molecule has 3 rings (SSSR count). The van der Waals surface area contributed by atoms with Gasteiger partial charge in [-0.2, -0.15) is 5.10 Å². The van der Waals surface area contributed by atoms with Crippen LogP contribution in [0.4, 0.5) is 0 Å². The first-order valence-corrected chi connectivity index (χ1v) is 9.06. The van der Waals surface area contributed by atoms with Crippen molar-refractivity contribution in [3.8, 4) is 5.69 Å². The molecule has 2 aromatic carbocycles. The van der Waals surface area contributed by atoms with Crippen LogP contribution in [0.3, 0.4) is 0 Å². The fourth-order valence-electron chi connectivity index (χ4n) is 3.01. The molecule has 0 fully saturated rings. The summed E-state index contributed by atoms with van der Waals surface area (Å²) in [6, 6.07) is 18.1. The van der Waals surface area contributed by atoms with Gasteiger partial charge in [-0.15, -0.1) is 0 Å². The highest BCUT2D eigenvalue weighted by molar-refractivity contribution is 5.91. The number of carbonyl (C=O) groups excluding carboxylic acids is 1. The Morgan fingerprint density at radius 2 is 1.70 bits per heavy atom. The molecule has 1 amide bonds. The molecule has 0 unspecified atom stereocenters. The normalized spacial score (nSPS) is 11.1. The third kappa shape index (κ3) is 4.34. The predicted octanol–water partition coefficient (Wildman–Crippen LogP) is 4.47. The smallest absolute Gasteiger partial charge is 0.246 e. The van der Waals surface area contributed by atoms with Gasteiger partial charge in [0, 0.05) is 30.9 Å². The van der Waals surface area contributed by atoms with Crippen molar-refractivity contribution in [2.24, 2.45) is 0 Å². The molecule has 0 saturated heterocycles. The van der Waals surface area contributed by atoms with Crippen LogP contribution in [-0.2, 0) is 11.3 Å². The van der Waals surface area contributed by atoms with Crippen LogP contribution in [0.2, 0.25) is 0 Å². The van der Waals surface area contributed by atoms with Crippen LogP contribution >= 0.6 is 0 Å². The quantitative estimate of drug-likeness (QED) is 0.631. The van der Waals surface area contributed by atoms with Crippen molar-refractivity contribution in [3.63, 3.8) is 0 Å². The number of carbonyl (C=O) groups is 1. The van der Waals surface area contributed by atoms with E-state index in [1.165, 1.54) is 5.56 Å². The summed E-state index contributed by atoms with van der Waals surface area (Å²) >= 11 is 0. The van der Waals surface area contributed by atoms with Gasteiger partial charge < -0.3 is 4.90 Å². The summed E-state index contributed by atoms with van der Waals surface area (Å²) in [6.45, 7) is 6.61. The Hall–Kier alpha value is -3.14. The minimum absolute atomic E-state index is 0.0261. The molecule has 0 radical (unpaired) electrons. The van der Waals surface area contributed by atoms with Crippen LogP contribution < -0.4 is 0 Å². The summed E-state index contributed by atoms with van der Waals surface area (Å²) in [4.78, 5) is 14.2. The number of para-hydroxylation sites is 1. The van der Waals surface area contributed by atoms with E-state index < -0.39 is 0 Å². The SMILES string of the molecule is Cc1ccc(/C=C/C(=O)N(C)Cc2c(C)nn(-c3ccccc3)c2C)cc1. The number of hydrogen-bond acceptors (Lipinski definition) is 2. The average Bonchev–Trinajstić information content (AvgIpc) is 2.96. The summed E-state index contributed by atoms with van der Waals surface area (Å²) < 4.78 is 1.94. The van der Waals surface area contributed by atoms with Gasteiger partial charge in [-0.05, 0) is 44.5 Å². The maximum absolute atomic E-state index is 12.5. The lowest BCUT2D eigenvalue weighted by Gasteiger charge is -2.15. The van der Waals surface area contributed by atoms with E-state index in [-0.39, 0.29) is 5.91 Å². The lowest BCUT2D eigenvalue weighted by Crippen LogP contribution is -2.24. The average molecular weight is 359 g/mol. The Morgan fingerprint density at radius 3 is 2.37 bits per heavy atom. The molecule has 0 saturated carbocycles. The molecule has 0 aliphatic heterocycles. The third-order valence-corrected chi connectivity index (χ3v) is 4.71. The van der Waals surface area contributed by atoms with Crippen LogP contribution in [0.15, 0.2) is 60.7 Å². The summed E-state index contributed by atoms with van der Waals surface area (Å²) in [6.07, 6.45) is 3.47. The standard InChI is InChI=1S/C23H25N3O/c1-17-10-12-20(13-11-17)14-15-23(27)25(4)16-22-18(2)24-26(19(22)3)21-8-6-5-7-9-21/h5-15H,16H2,1-4H3/b15-14+. The molecule has 138 valence electrons. The first-order valence-electron chi connectivity index (χ1n) is 9.06. The molecule has 0 aliphatic carbocycles. The zero-order valence-corrected chi connectivity index (χ0v) is 16.3. The van der Waals surface area contributed by atoms with E-state index in [0.717, 1.165) is 28.2 Å². The molecule has 0 atom stereocenters. The summed E-state index contributed by atoms with van der Waals surface area (Å²) in [5.74, 6) is -0.0261. The maximum atomic E-state index is 12.5. The Morgan fingerprint density at radius 1 is 1.04 bits per heavy atom. The van der Waals surface area contributed by atoms with E-state index in [0.29, 0.717) is 6.54 Å². The molecule has 0 aliphatic rings. The number of benzene rings is 2. The van der Waals surface area contributed by atoms with Crippen molar-refractivity contribution in [3.05, 3.63) is 88.8 Å². The molecule has 4 heteroatoms. The van der Waals surface area contributed by atoms with E-state index in [4.69, 9.17) is 0 Å². The largest absolute Gasteiger partial charge is 0.338 e. The fraction of sp³-hybridized carbons (Fsp3) is 0.217. The van der Waals surface area contributed by atoms with Gasteiger partial charge in [-0.25, -0.2) is 4.68 Å². The number of hydrogen-bond donors (Lipinski definition) is 0. The minimum atomic E-state index is -0.0261. The van der Waals surface area contributed by atoms with Gasteiger partial charge in [0.25, 0.3) is 0 Å². The number of nitrogens with zero attached hydrogens (tertiary/aromatic N) is 3. The zero-order chi connectivity index (χ0) is 19.4. The van der Waals surface area contributed by atoms with Gasteiger partial charge in [0.15, 0.2) is 0 Å². The van der Waals surface area contributed by atoms with Gasteiger partial charge in [0.05, 0.1) is 11.4 Å². The Labute approximate surface area is 160 Å². The molecular formula is C23H25N3O. The number of amides is 1. The van der Waals surface area contributed by atoms with Crippen molar-refractivity contribution in [2.45, 2.75) is 27.3 Å². The number of likely N-dealkylation sites (N-methyl/N-ethyl adjacent to an activating group) is 1. The summed E-state index contributed by atoms with van der Waals surface area (Å²) in [5.41, 5.74) is 6.33. The number of rotatable bonds is 5. The zero-order valence-electron chi connectivity index (χ0n) is 16.3. The second-order valence-electron chi connectivity index (χ2n) is 6.84. The fourth-order valence-corrected chi connectivity index (χ4v) is 3.01. The molecule has 27 heavy (non-hydrogen) atoms. The second-order valence-corrected chi connectivity index (χ2v) is 6.84. The number of aromatic nitrogens is 2. The Kier molecular flexibility index (Phi) is 5.55. The first kappa shape index (κ1) is 18.6. The van der Waals surface area contributed by atoms with Crippen LogP contribution in [0.25, 0.3) is 11.8 Å². The van der Waals surface area contributed by atoms with Gasteiger partial charge in [0.1, 0.15) is 0 Å². The molecular weight excluding hydrogens is 334 g/mol. The number of aryl methyl sites for hydroxylation is 2. The summed E-state index contributed by atoms with van der Waals surface area (Å²) in [5, 5.41) is 4.66. The van der Waals surface area contributed by atoms with E-state index in [1.807, 2.05) is 93.2 Å².